The molecule has 29 heavy (non-hydrogen) atoms. The highest BCUT2D eigenvalue weighted by molar-refractivity contribution is 5.59. The maximum atomic E-state index is 12.9. The highest BCUT2D eigenvalue weighted by Crippen LogP contribution is 2.30. The minimum Gasteiger partial charge on any atom is -0.389 e. The van der Waals surface area contributed by atoms with Gasteiger partial charge in [0.1, 0.15) is 11.4 Å². The molecular formula is C18H16F3N7O. The zero-order chi connectivity index (χ0) is 20.6. The molecule has 3 aromatic heterocycles. The summed E-state index contributed by atoms with van der Waals surface area (Å²) in [7, 11) is 0. The fourth-order valence-electron chi connectivity index (χ4n) is 2.76. The summed E-state index contributed by atoms with van der Waals surface area (Å²) in [4.78, 5) is 22.4. The molecule has 0 saturated carbocycles. The van der Waals surface area contributed by atoms with Crippen molar-refractivity contribution in [3.05, 3.63) is 47.9 Å². The van der Waals surface area contributed by atoms with E-state index in [9.17, 15) is 18.3 Å². The molecule has 0 unspecified atom stereocenters. The minimum absolute atomic E-state index is 0.0639. The molecule has 0 spiro atoms. The normalized spacial score (nSPS) is 14.6. The third kappa shape index (κ3) is 4.24. The van der Waals surface area contributed by atoms with Gasteiger partial charge >= 0.3 is 6.18 Å². The van der Waals surface area contributed by atoms with E-state index in [1.165, 1.54) is 6.07 Å². The number of nitrogens with one attached hydrogen (secondary N) is 1. The summed E-state index contributed by atoms with van der Waals surface area (Å²) in [6.07, 6.45) is -3.98. The van der Waals surface area contributed by atoms with Gasteiger partial charge in [0.15, 0.2) is 5.82 Å². The Bertz CT molecular complexity index is 1040. The average Bonchev–Trinajstić information content (AvgIpc) is 2.65. The van der Waals surface area contributed by atoms with Crippen molar-refractivity contribution in [2.45, 2.75) is 19.2 Å². The van der Waals surface area contributed by atoms with Gasteiger partial charge in [0.05, 0.1) is 6.10 Å². The molecule has 0 bridgehead atoms. The van der Waals surface area contributed by atoms with E-state index in [1.54, 1.807) is 17.0 Å². The molecule has 11 heteroatoms. The van der Waals surface area contributed by atoms with Gasteiger partial charge in [0, 0.05) is 30.7 Å². The van der Waals surface area contributed by atoms with Crippen LogP contribution in [0, 0.1) is 6.92 Å². The second-order valence-electron chi connectivity index (χ2n) is 6.56. The molecule has 1 fully saturated rings. The molecule has 1 aliphatic heterocycles. The standard InChI is InChI=1S/C18H16F3N7O/c1-10-3-2-4-13(23-10)15-25-16(27-17(26-15)28-8-12(29)9-28)24-11-5-6-22-14(7-11)18(19,20)21/h2-7,12,29H,8-9H2,1H3,(H,22,24,25,26,27). The number of alkyl halides is 3. The van der Waals surface area contributed by atoms with Gasteiger partial charge < -0.3 is 15.3 Å². The molecule has 0 aromatic carbocycles. The number of hydrogen-bond acceptors (Lipinski definition) is 8. The lowest BCUT2D eigenvalue weighted by Crippen LogP contribution is -2.51. The van der Waals surface area contributed by atoms with E-state index in [0.717, 1.165) is 18.0 Å². The van der Waals surface area contributed by atoms with Crippen LogP contribution in [0.5, 0.6) is 0 Å². The van der Waals surface area contributed by atoms with Crippen LogP contribution in [0.3, 0.4) is 0 Å². The van der Waals surface area contributed by atoms with Gasteiger partial charge in [0.25, 0.3) is 0 Å². The van der Waals surface area contributed by atoms with Gasteiger partial charge in [-0.25, -0.2) is 4.98 Å². The molecule has 1 saturated heterocycles. The van der Waals surface area contributed by atoms with Crippen LogP contribution in [0.15, 0.2) is 36.5 Å². The van der Waals surface area contributed by atoms with Gasteiger partial charge in [-0.15, -0.1) is 0 Å². The predicted octanol–water partition coefficient (Wildman–Crippen LogP) is 2.58. The molecular weight excluding hydrogens is 387 g/mol. The van der Waals surface area contributed by atoms with Crippen molar-refractivity contribution < 1.29 is 18.3 Å². The first-order chi connectivity index (χ1) is 13.8. The highest BCUT2D eigenvalue weighted by atomic mass is 19.4. The fourth-order valence-corrected chi connectivity index (χ4v) is 2.76. The molecule has 8 nitrogen and oxygen atoms in total. The van der Waals surface area contributed by atoms with E-state index in [1.807, 2.05) is 13.0 Å². The van der Waals surface area contributed by atoms with E-state index in [0.29, 0.717) is 24.7 Å². The maximum absolute atomic E-state index is 12.9. The number of nitrogens with zero attached hydrogens (tertiary/aromatic N) is 6. The van der Waals surface area contributed by atoms with Gasteiger partial charge in [-0.05, 0) is 31.2 Å². The predicted molar refractivity (Wildman–Crippen MR) is 98.5 cm³/mol. The molecule has 0 aliphatic carbocycles. The van der Waals surface area contributed by atoms with Crippen LogP contribution in [0.25, 0.3) is 11.5 Å². The second kappa shape index (κ2) is 7.24. The first-order valence-electron chi connectivity index (χ1n) is 8.71. The molecule has 3 aromatic rings. The number of pyridine rings is 2. The Morgan fingerprint density at radius 2 is 1.90 bits per heavy atom. The SMILES string of the molecule is Cc1cccc(-c2nc(Nc3ccnc(C(F)(F)F)c3)nc(N3CC(O)C3)n2)n1. The lowest BCUT2D eigenvalue weighted by atomic mass is 10.2. The zero-order valence-electron chi connectivity index (χ0n) is 15.2. The van der Waals surface area contributed by atoms with Crippen molar-refractivity contribution in [2.75, 3.05) is 23.3 Å². The summed E-state index contributed by atoms with van der Waals surface area (Å²) in [5, 5.41) is 12.3. The van der Waals surface area contributed by atoms with Crippen LogP contribution >= 0.6 is 0 Å². The van der Waals surface area contributed by atoms with Crippen molar-refractivity contribution >= 4 is 17.6 Å². The number of aryl methyl sites for hydroxylation is 1. The summed E-state index contributed by atoms with van der Waals surface area (Å²) < 4.78 is 38.8. The van der Waals surface area contributed by atoms with Crippen LogP contribution in [0.1, 0.15) is 11.4 Å². The molecule has 2 N–H and O–H groups in total. The Labute approximate surface area is 163 Å². The molecule has 4 rings (SSSR count). The second-order valence-corrected chi connectivity index (χ2v) is 6.56. The molecule has 150 valence electrons. The topological polar surface area (TPSA) is 100.0 Å². The Morgan fingerprint density at radius 1 is 1.10 bits per heavy atom. The van der Waals surface area contributed by atoms with Crippen LogP contribution in [-0.2, 0) is 6.18 Å². The highest BCUT2D eigenvalue weighted by Gasteiger charge is 2.32. The van der Waals surface area contributed by atoms with Crippen LogP contribution < -0.4 is 10.2 Å². The summed E-state index contributed by atoms with van der Waals surface area (Å²) in [5.41, 5.74) is 0.380. The lowest BCUT2D eigenvalue weighted by molar-refractivity contribution is -0.141. The van der Waals surface area contributed by atoms with Crippen LogP contribution in [0.4, 0.5) is 30.8 Å². The Balaban J connectivity index is 1.71. The van der Waals surface area contributed by atoms with Crippen LogP contribution in [0.2, 0.25) is 0 Å². The number of anilines is 3. The van der Waals surface area contributed by atoms with Gasteiger partial charge in [-0.2, -0.15) is 28.1 Å². The van der Waals surface area contributed by atoms with Gasteiger partial charge in [0.2, 0.25) is 11.9 Å². The minimum atomic E-state index is -4.56. The average molecular weight is 403 g/mol. The number of aliphatic hydroxyl groups excluding tert-OH is 1. The third-order valence-electron chi connectivity index (χ3n) is 4.19. The summed E-state index contributed by atoms with van der Waals surface area (Å²) in [5.74, 6) is 0.637. The first-order valence-corrected chi connectivity index (χ1v) is 8.71. The Morgan fingerprint density at radius 3 is 2.59 bits per heavy atom. The van der Waals surface area contributed by atoms with Crippen molar-refractivity contribution in [1.82, 2.24) is 24.9 Å². The summed E-state index contributed by atoms with van der Waals surface area (Å²) in [6.45, 7) is 2.54. The van der Waals surface area contributed by atoms with Crippen molar-refractivity contribution in [3.63, 3.8) is 0 Å². The van der Waals surface area contributed by atoms with E-state index >= 15 is 0 Å². The van der Waals surface area contributed by atoms with E-state index in [2.05, 4.69) is 30.2 Å². The smallest absolute Gasteiger partial charge is 0.389 e. The summed E-state index contributed by atoms with van der Waals surface area (Å²) in [6, 6.07) is 7.62. The maximum Gasteiger partial charge on any atom is 0.433 e. The van der Waals surface area contributed by atoms with E-state index in [-0.39, 0.29) is 17.5 Å². The lowest BCUT2D eigenvalue weighted by Gasteiger charge is -2.35. The van der Waals surface area contributed by atoms with Crippen molar-refractivity contribution in [2.24, 2.45) is 0 Å². The third-order valence-corrected chi connectivity index (χ3v) is 4.19. The van der Waals surface area contributed by atoms with Gasteiger partial charge in [-0.1, -0.05) is 6.07 Å². The molecule has 0 radical (unpaired) electrons. The number of hydrogen-bond donors (Lipinski definition) is 2. The van der Waals surface area contributed by atoms with Gasteiger partial charge in [-0.3, -0.25) is 4.98 Å². The number of β-amino-alcohol motifs (C(OH)–C–C–N with tert-alkyl or cyclic N) is 1. The molecule has 1 aliphatic rings. The quantitative estimate of drug-likeness (QED) is 0.686. The van der Waals surface area contributed by atoms with E-state index in [4.69, 9.17) is 0 Å². The molecule has 0 amide bonds. The zero-order valence-corrected chi connectivity index (χ0v) is 15.2. The molecule has 4 heterocycles. The monoisotopic (exact) mass is 403 g/mol. The number of aliphatic hydroxyl groups is 1. The first kappa shape index (κ1) is 19.0. The van der Waals surface area contributed by atoms with E-state index < -0.39 is 18.0 Å². The van der Waals surface area contributed by atoms with Crippen molar-refractivity contribution in [3.8, 4) is 11.5 Å². The Kier molecular flexibility index (Phi) is 4.74. The number of halogens is 3. The number of rotatable bonds is 4. The fraction of sp³-hybridized carbons (Fsp3) is 0.278. The molecule has 0 atom stereocenters. The Hall–Kier alpha value is -3.34. The summed E-state index contributed by atoms with van der Waals surface area (Å²) >= 11 is 0. The van der Waals surface area contributed by atoms with Crippen molar-refractivity contribution in [1.29, 1.82) is 0 Å². The van der Waals surface area contributed by atoms with Crippen LogP contribution in [-0.4, -0.2) is 49.2 Å². The number of aromatic nitrogens is 5. The largest absolute Gasteiger partial charge is 0.433 e.